The first-order valence-electron chi connectivity index (χ1n) is 7.04. The Morgan fingerprint density at radius 2 is 2.00 bits per heavy atom. The summed E-state index contributed by atoms with van der Waals surface area (Å²) in [7, 11) is 1.69. The molecular formula is C16H23NO4. The molecule has 0 radical (unpaired) electrons. The third-order valence-electron chi connectivity index (χ3n) is 4.26. The lowest BCUT2D eigenvalue weighted by molar-refractivity contribution is -0.142. The Morgan fingerprint density at radius 1 is 1.38 bits per heavy atom. The van der Waals surface area contributed by atoms with Gasteiger partial charge in [0.25, 0.3) is 0 Å². The molecule has 2 atom stereocenters. The van der Waals surface area contributed by atoms with E-state index in [9.17, 15) is 9.90 Å². The lowest BCUT2D eigenvalue weighted by atomic mass is 9.83. The van der Waals surface area contributed by atoms with E-state index in [-0.39, 0.29) is 6.54 Å². The summed E-state index contributed by atoms with van der Waals surface area (Å²) < 4.78 is 6.12. The van der Waals surface area contributed by atoms with Crippen LogP contribution in [0.2, 0.25) is 0 Å². The number of likely N-dealkylation sites (N-methyl/N-ethyl adjacent to an activating group) is 1. The van der Waals surface area contributed by atoms with E-state index in [0.29, 0.717) is 5.75 Å². The zero-order valence-corrected chi connectivity index (χ0v) is 13.2. The van der Waals surface area contributed by atoms with Crippen LogP contribution in [0.25, 0.3) is 0 Å². The smallest absolute Gasteiger partial charge is 0.317 e. The van der Waals surface area contributed by atoms with E-state index in [1.54, 1.807) is 11.9 Å². The Labute approximate surface area is 125 Å². The number of aliphatic carboxylic acids is 1. The molecule has 0 amide bonds. The summed E-state index contributed by atoms with van der Waals surface area (Å²) in [5.41, 5.74) is 2.16. The van der Waals surface area contributed by atoms with Crippen LogP contribution in [0, 0.1) is 13.8 Å². The number of aliphatic hydroxyl groups is 1. The third kappa shape index (κ3) is 2.76. The summed E-state index contributed by atoms with van der Waals surface area (Å²) in [6.45, 7) is 7.59. The van der Waals surface area contributed by atoms with Gasteiger partial charge in [0.15, 0.2) is 0 Å². The summed E-state index contributed by atoms with van der Waals surface area (Å²) in [5.74, 6) is -0.209. The van der Waals surface area contributed by atoms with Crippen molar-refractivity contribution in [1.29, 1.82) is 0 Å². The number of aliphatic hydroxyl groups excluding tert-OH is 1. The standard InChI is InChI=1S/C16H23NO4/c1-9-6-7-11-13(20)15(17(5)8-12(18)19)16(3,4)21-14(11)10(9)2/h6-7,13,15,20H,8H2,1-5H3,(H,18,19). The molecule has 2 N–H and O–H groups in total. The van der Waals surface area contributed by atoms with Crippen LogP contribution in [0.1, 0.15) is 36.6 Å². The molecule has 0 aromatic heterocycles. The van der Waals surface area contributed by atoms with Crippen LogP contribution in [0.5, 0.6) is 5.75 Å². The molecule has 2 unspecified atom stereocenters. The molecule has 1 aliphatic rings. The van der Waals surface area contributed by atoms with Gasteiger partial charge < -0.3 is 14.9 Å². The van der Waals surface area contributed by atoms with Crippen LogP contribution in [0.4, 0.5) is 0 Å². The van der Waals surface area contributed by atoms with E-state index in [1.807, 2.05) is 39.8 Å². The number of fused-ring (bicyclic) bond motifs is 1. The molecule has 0 saturated carbocycles. The molecule has 0 spiro atoms. The number of carboxylic acids is 1. The minimum absolute atomic E-state index is 0.144. The molecule has 2 rings (SSSR count). The van der Waals surface area contributed by atoms with Gasteiger partial charge in [-0.05, 0) is 45.9 Å². The monoisotopic (exact) mass is 293 g/mol. The summed E-state index contributed by atoms with van der Waals surface area (Å²) in [6.07, 6.45) is -0.785. The van der Waals surface area contributed by atoms with Crippen molar-refractivity contribution in [2.45, 2.75) is 45.4 Å². The quantitative estimate of drug-likeness (QED) is 0.890. The summed E-state index contributed by atoms with van der Waals surface area (Å²) >= 11 is 0. The maximum atomic E-state index is 11.0. The maximum absolute atomic E-state index is 11.0. The first-order valence-corrected chi connectivity index (χ1v) is 7.04. The van der Waals surface area contributed by atoms with Gasteiger partial charge in [-0.3, -0.25) is 9.69 Å². The Kier molecular flexibility index (Phi) is 4.00. The molecule has 1 aliphatic heterocycles. The number of aryl methyl sites for hydroxylation is 1. The first-order chi connectivity index (χ1) is 9.65. The number of carbonyl (C=O) groups is 1. The van der Waals surface area contributed by atoms with Gasteiger partial charge in [-0.15, -0.1) is 0 Å². The fourth-order valence-corrected chi connectivity index (χ4v) is 3.14. The molecule has 0 saturated heterocycles. The molecular weight excluding hydrogens is 270 g/mol. The number of hydrogen-bond acceptors (Lipinski definition) is 4. The molecule has 21 heavy (non-hydrogen) atoms. The molecule has 5 nitrogen and oxygen atoms in total. The van der Waals surface area contributed by atoms with Crippen LogP contribution in [-0.4, -0.2) is 46.3 Å². The lowest BCUT2D eigenvalue weighted by Crippen LogP contribution is -2.57. The van der Waals surface area contributed by atoms with Gasteiger partial charge >= 0.3 is 5.97 Å². The van der Waals surface area contributed by atoms with E-state index in [1.165, 1.54) is 0 Å². The third-order valence-corrected chi connectivity index (χ3v) is 4.26. The summed E-state index contributed by atoms with van der Waals surface area (Å²) in [5, 5.41) is 19.7. The fourth-order valence-electron chi connectivity index (χ4n) is 3.14. The largest absolute Gasteiger partial charge is 0.485 e. The second kappa shape index (κ2) is 5.31. The average Bonchev–Trinajstić information content (AvgIpc) is 2.32. The predicted octanol–water partition coefficient (Wildman–Crippen LogP) is 1.89. The highest BCUT2D eigenvalue weighted by molar-refractivity contribution is 5.69. The predicted molar refractivity (Wildman–Crippen MR) is 79.6 cm³/mol. The van der Waals surface area contributed by atoms with Gasteiger partial charge in [0.05, 0.1) is 12.6 Å². The number of rotatable bonds is 3. The van der Waals surface area contributed by atoms with Crippen molar-refractivity contribution in [3.05, 3.63) is 28.8 Å². The Balaban J connectivity index is 2.46. The van der Waals surface area contributed by atoms with Crippen molar-refractivity contribution in [3.63, 3.8) is 0 Å². The summed E-state index contributed by atoms with van der Waals surface area (Å²) in [6, 6.07) is 3.38. The van der Waals surface area contributed by atoms with Gasteiger partial charge in [0, 0.05) is 5.56 Å². The van der Waals surface area contributed by atoms with Crippen molar-refractivity contribution in [1.82, 2.24) is 4.90 Å². The minimum Gasteiger partial charge on any atom is -0.485 e. The molecule has 1 aromatic carbocycles. The van der Waals surface area contributed by atoms with Crippen molar-refractivity contribution >= 4 is 5.97 Å². The number of nitrogens with zero attached hydrogens (tertiary/aromatic N) is 1. The molecule has 1 heterocycles. The molecule has 116 valence electrons. The van der Waals surface area contributed by atoms with Crippen molar-refractivity contribution in [2.75, 3.05) is 13.6 Å². The van der Waals surface area contributed by atoms with Gasteiger partial charge in [0.2, 0.25) is 0 Å². The first kappa shape index (κ1) is 15.8. The number of benzene rings is 1. The summed E-state index contributed by atoms with van der Waals surface area (Å²) in [4.78, 5) is 12.6. The van der Waals surface area contributed by atoms with E-state index in [0.717, 1.165) is 16.7 Å². The molecule has 0 aliphatic carbocycles. The van der Waals surface area contributed by atoms with Crippen LogP contribution in [0.15, 0.2) is 12.1 Å². The van der Waals surface area contributed by atoms with Crippen LogP contribution >= 0.6 is 0 Å². The van der Waals surface area contributed by atoms with Crippen LogP contribution < -0.4 is 4.74 Å². The minimum atomic E-state index is -0.925. The van der Waals surface area contributed by atoms with E-state index in [4.69, 9.17) is 9.84 Å². The molecule has 0 fully saturated rings. The number of ether oxygens (including phenoxy) is 1. The second-order valence-electron chi connectivity index (χ2n) is 6.33. The van der Waals surface area contributed by atoms with Gasteiger partial charge in [-0.2, -0.15) is 0 Å². The Hall–Kier alpha value is -1.59. The van der Waals surface area contributed by atoms with Gasteiger partial charge in [-0.1, -0.05) is 12.1 Å². The topological polar surface area (TPSA) is 70.0 Å². The highest BCUT2D eigenvalue weighted by Crippen LogP contribution is 2.44. The van der Waals surface area contributed by atoms with Crippen molar-refractivity contribution in [2.24, 2.45) is 0 Å². The van der Waals surface area contributed by atoms with Gasteiger partial charge in [0.1, 0.15) is 17.5 Å². The Morgan fingerprint density at radius 3 is 2.57 bits per heavy atom. The fraction of sp³-hybridized carbons (Fsp3) is 0.562. The van der Waals surface area contributed by atoms with Crippen molar-refractivity contribution in [3.8, 4) is 5.75 Å². The average molecular weight is 293 g/mol. The number of hydrogen-bond donors (Lipinski definition) is 2. The van der Waals surface area contributed by atoms with Gasteiger partial charge in [-0.25, -0.2) is 0 Å². The van der Waals surface area contributed by atoms with E-state index >= 15 is 0 Å². The van der Waals surface area contributed by atoms with Crippen LogP contribution in [0.3, 0.4) is 0 Å². The second-order valence-corrected chi connectivity index (χ2v) is 6.33. The van der Waals surface area contributed by atoms with Crippen molar-refractivity contribution < 1.29 is 19.7 Å². The molecule has 1 aromatic rings. The SMILES string of the molecule is Cc1ccc2c(c1C)OC(C)(C)C(N(C)CC(=O)O)C2O. The zero-order valence-electron chi connectivity index (χ0n) is 13.2. The highest BCUT2D eigenvalue weighted by Gasteiger charge is 2.46. The van der Waals surface area contributed by atoms with E-state index < -0.39 is 23.7 Å². The van der Waals surface area contributed by atoms with E-state index in [2.05, 4.69) is 0 Å². The Bertz CT molecular complexity index is 568. The maximum Gasteiger partial charge on any atom is 0.317 e. The number of carboxylic acid groups (broad SMARTS) is 1. The lowest BCUT2D eigenvalue weighted by Gasteiger charge is -2.47. The van der Waals surface area contributed by atoms with Crippen LogP contribution in [-0.2, 0) is 4.79 Å². The highest BCUT2D eigenvalue weighted by atomic mass is 16.5. The normalized spacial score (nSPS) is 23.6. The molecule has 0 bridgehead atoms. The molecule has 5 heteroatoms. The zero-order chi connectivity index (χ0) is 15.9.